The Hall–Kier alpha value is -3.23. The van der Waals surface area contributed by atoms with Crippen molar-refractivity contribution in [1.82, 2.24) is 5.32 Å². The van der Waals surface area contributed by atoms with Crippen LogP contribution < -0.4 is 19.5 Å². The lowest BCUT2D eigenvalue weighted by molar-refractivity contribution is -0.115. The summed E-state index contributed by atoms with van der Waals surface area (Å²) in [6.07, 6.45) is 1.80. The maximum atomic E-state index is 12.6. The topological polar surface area (TPSA) is 69.2 Å². The number of nitrogens with one attached hydrogen (secondary N) is 1. The molecule has 0 saturated carbocycles. The third kappa shape index (κ3) is 5.63. The van der Waals surface area contributed by atoms with E-state index in [1.807, 2.05) is 67.6 Å². The average Bonchev–Trinajstić information content (AvgIpc) is 3.17. The van der Waals surface area contributed by atoms with E-state index in [1.54, 1.807) is 20.3 Å². The summed E-state index contributed by atoms with van der Waals surface area (Å²) in [7, 11) is 3.18. The second-order valence-electron chi connectivity index (χ2n) is 7.47. The van der Waals surface area contributed by atoms with Crippen molar-refractivity contribution in [2.75, 3.05) is 14.2 Å². The molecular weight excluding hydrogens is 516 g/mol. The van der Waals surface area contributed by atoms with Gasteiger partial charge in [0.25, 0.3) is 5.91 Å². The van der Waals surface area contributed by atoms with E-state index in [-0.39, 0.29) is 5.91 Å². The minimum atomic E-state index is -0.213. The van der Waals surface area contributed by atoms with Gasteiger partial charge in [-0.25, -0.2) is 4.99 Å². The van der Waals surface area contributed by atoms with Crippen LogP contribution >= 0.6 is 27.7 Å². The minimum Gasteiger partial charge on any atom is -0.494 e. The van der Waals surface area contributed by atoms with Crippen molar-refractivity contribution in [2.24, 2.45) is 4.99 Å². The van der Waals surface area contributed by atoms with E-state index in [0.29, 0.717) is 39.6 Å². The van der Waals surface area contributed by atoms with Gasteiger partial charge in [0.15, 0.2) is 16.7 Å². The molecule has 6 nitrogen and oxygen atoms in total. The molecule has 0 unspecified atom stereocenters. The molecule has 0 aromatic heterocycles. The van der Waals surface area contributed by atoms with E-state index in [9.17, 15) is 4.79 Å². The number of hydrogen-bond donors (Lipinski definition) is 1. The van der Waals surface area contributed by atoms with Gasteiger partial charge in [0, 0.05) is 0 Å². The number of halogens is 1. The molecule has 8 heteroatoms. The largest absolute Gasteiger partial charge is 0.494 e. The van der Waals surface area contributed by atoms with Gasteiger partial charge in [0.05, 0.1) is 23.6 Å². The fraction of sp³-hybridized carbons (Fsp3) is 0.154. The van der Waals surface area contributed by atoms with Gasteiger partial charge in [-0.1, -0.05) is 36.4 Å². The van der Waals surface area contributed by atoms with E-state index in [1.165, 1.54) is 11.8 Å². The first-order valence-corrected chi connectivity index (χ1v) is 12.1. The molecule has 0 aliphatic carbocycles. The van der Waals surface area contributed by atoms with Gasteiger partial charge < -0.3 is 19.5 Å². The third-order valence-electron chi connectivity index (χ3n) is 4.98. The molecule has 1 aliphatic rings. The number of rotatable bonds is 7. The van der Waals surface area contributed by atoms with Gasteiger partial charge in [-0.05, 0) is 81.6 Å². The number of ether oxygens (including phenoxy) is 3. The van der Waals surface area contributed by atoms with Crippen molar-refractivity contribution >= 4 is 50.5 Å². The summed E-state index contributed by atoms with van der Waals surface area (Å²) in [5.74, 6) is 1.60. The van der Waals surface area contributed by atoms with Crippen molar-refractivity contribution in [1.29, 1.82) is 0 Å². The average molecular weight is 539 g/mol. The van der Waals surface area contributed by atoms with Crippen molar-refractivity contribution in [3.05, 3.63) is 86.7 Å². The molecule has 1 aliphatic heterocycles. The molecule has 1 heterocycles. The summed E-state index contributed by atoms with van der Waals surface area (Å²) in [5.41, 5.74) is 3.56. The normalized spacial score (nSPS) is 15.5. The summed E-state index contributed by atoms with van der Waals surface area (Å²) in [5, 5.41) is 3.31. The number of thioether (sulfide) groups is 1. The van der Waals surface area contributed by atoms with E-state index in [2.05, 4.69) is 26.2 Å². The number of carbonyl (C=O) groups is 1. The molecule has 0 atom stereocenters. The smallest absolute Gasteiger partial charge is 0.264 e. The van der Waals surface area contributed by atoms with E-state index >= 15 is 0 Å². The molecule has 0 bridgehead atoms. The van der Waals surface area contributed by atoms with Gasteiger partial charge in [-0.3, -0.25) is 4.79 Å². The van der Waals surface area contributed by atoms with Gasteiger partial charge in [0.2, 0.25) is 0 Å². The van der Waals surface area contributed by atoms with E-state index < -0.39 is 0 Å². The molecular formula is C26H23BrN2O4S. The minimum absolute atomic E-state index is 0.213. The van der Waals surface area contributed by atoms with E-state index in [0.717, 1.165) is 21.2 Å². The standard InChI is InChI=1S/C26H23BrN2O4S/c1-16-9-10-21(31-2)20(11-16)28-26-29-25(30)23(34-26)14-18-12-19(27)24(22(13-18)32-3)33-15-17-7-5-4-6-8-17/h4-14H,15H2,1-3H3,(H,28,29,30)/b23-14-. The summed E-state index contributed by atoms with van der Waals surface area (Å²) in [6.45, 7) is 2.39. The highest BCUT2D eigenvalue weighted by atomic mass is 79.9. The van der Waals surface area contributed by atoms with Crippen LogP contribution in [-0.2, 0) is 11.4 Å². The molecule has 4 rings (SSSR count). The van der Waals surface area contributed by atoms with Crippen LogP contribution in [0.25, 0.3) is 6.08 Å². The highest BCUT2D eigenvalue weighted by molar-refractivity contribution is 9.10. The van der Waals surface area contributed by atoms with Crippen LogP contribution in [0.5, 0.6) is 17.2 Å². The first-order chi connectivity index (χ1) is 16.5. The summed E-state index contributed by atoms with van der Waals surface area (Å²) >= 11 is 4.85. The third-order valence-corrected chi connectivity index (χ3v) is 6.48. The maximum absolute atomic E-state index is 12.6. The van der Waals surface area contributed by atoms with Crippen LogP contribution in [0.4, 0.5) is 5.69 Å². The Morgan fingerprint density at radius 3 is 2.53 bits per heavy atom. The Labute approximate surface area is 211 Å². The predicted molar refractivity (Wildman–Crippen MR) is 140 cm³/mol. The second kappa shape index (κ2) is 10.8. The van der Waals surface area contributed by atoms with Crippen molar-refractivity contribution in [3.63, 3.8) is 0 Å². The molecule has 1 amide bonds. The van der Waals surface area contributed by atoms with Crippen molar-refractivity contribution in [3.8, 4) is 17.2 Å². The van der Waals surface area contributed by atoms with Crippen molar-refractivity contribution in [2.45, 2.75) is 13.5 Å². The Morgan fingerprint density at radius 1 is 1.03 bits per heavy atom. The molecule has 174 valence electrons. The highest BCUT2D eigenvalue weighted by Gasteiger charge is 2.25. The summed E-state index contributed by atoms with van der Waals surface area (Å²) in [4.78, 5) is 17.7. The fourth-order valence-corrected chi connectivity index (χ4v) is 4.73. The molecule has 34 heavy (non-hydrogen) atoms. The number of aryl methyl sites for hydroxylation is 1. The van der Waals surface area contributed by atoms with Crippen LogP contribution in [0.2, 0.25) is 0 Å². The first kappa shape index (κ1) is 23.9. The lowest BCUT2D eigenvalue weighted by Gasteiger charge is -2.13. The molecule has 0 radical (unpaired) electrons. The molecule has 1 saturated heterocycles. The zero-order chi connectivity index (χ0) is 24.1. The second-order valence-corrected chi connectivity index (χ2v) is 9.35. The zero-order valence-electron chi connectivity index (χ0n) is 18.9. The number of amides is 1. The lowest BCUT2D eigenvalue weighted by atomic mass is 10.2. The lowest BCUT2D eigenvalue weighted by Crippen LogP contribution is -2.19. The van der Waals surface area contributed by atoms with Gasteiger partial charge in [0.1, 0.15) is 18.0 Å². The zero-order valence-corrected chi connectivity index (χ0v) is 21.3. The fourth-order valence-electron chi connectivity index (χ4n) is 3.32. The van der Waals surface area contributed by atoms with Crippen LogP contribution in [0.15, 0.2) is 75.0 Å². The number of amidine groups is 1. The Morgan fingerprint density at radius 2 is 1.79 bits per heavy atom. The number of carbonyl (C=O) groups excluding carboxylic acids is 1. The van der Waals surface area contributed by atoms with Crippen LogP contribution in [0.3, 0.4) is 0 Å². The molecule has 3 aromatic carbocycles. The monoisotopic (exact) mass is 538 g/mol. The molecule has 1 fully saturated rings. The maximum Gasteiger partial charge on any atom is 0.264 e. The number of nitrogens with zero attached hydrogens (tertiary/aromatic N) is 1. The number of methoxy groups -OCH3 is 2. The molecule has 1 N–H and O–H groups in total. The summed E-state index contributed by atoms with van der Waals surface area (Å²) in [6, 6.07) is 19.4. The van der Waals surface area contributed by atoms with Gasteiger partial charge in [-0.2, -0.15) is 0 Å². The van der Waals surface area contributed by atoms with E-state index in [4.69, 9.17) is 14.2 Å². The molecule has 0 spiro atoms. The molecule has 3 aromatic rings. The predicted octanol–water partition coefficient (Wildman–Crippen LogP) is 6.25. The van der Waals surface area contributed by atoms with Crippen LogP contribution in [0.1, 0.15) is 16.7 Å². The van der Waals surface area contributed by atoms with Gasteiger partial charge >= 0.3 is 0 Å². The Kier molecular flexibility index (Phi) is 7.59. The summed E-state index contributed by atoms with van der Waals surface area (Å²) < 4.78 is 17.7. The number of aliphatic imine (C=N–C) groups is 1. The Balaban J connectivity index is 1.56. The van der Waals surface area contributed by atoms with Crippen LogP contribution in [-0.4, -0.2) is 25.3 Å². The highest BCUT2D eigenvalue weighted by Crippen LogP contribution is 2.39. The quantitative estimate of drug-likeness (QED) is 0.360. The number of benzene rings is 3. The Bertz CT molecular complexity index is 1280. The van der Waals surface area contributed by atoms with Crippen molar-refractivity contribution < 1.29 is 19.0 Å². The first-order valence-electron chi connectivity index (χ1n) is 10.5. The van der Waals surface area contributed by atoms with Gasteiger partial charge in [-0.15, -0.1) is 0 Å². The SMILES string of the molecule is COc1ccc(C)cc1N=C1NC(=O)/C(=C/c2cc(Br)c(OCc3ccccc3)c(OC)c2)S1. The number of hydrogen-bond acceptors (Lipinski definition) is 6. The van der Waals surface area contributed by atoms with Crippen LogP contribution in [0, 0.1) is 6.92 Å².